The summed E-state index contributed by atoms with van der Waals surface area (Å²) >= 11 is 0. The predicted molar refractivity (Wildman–Crippen MR) is 126 cm³/mol. The molecule has 0 heterocycles. The van der Waals surface area contributed by atoms with Crippen molar-refractivity contribution < 1.29 is 42.1 Å². The normalized spacial score (nSPS) is 11.6. The van der Waals surface area contributed by atoms with Gasteiger partial charge in [-0.3, -0.25) is 4.79 Å². The molecule has 0 aliphatic rings. The van der Waals surface area contributed by atoms with Crippen LogP contribution in [0.2, 0.25) is 0 Å². The van der Waals surface area contributed by atoms with E-state index in [0.29, 0.717) is 17.6 Å². The smallest absolute Gasteiger partial charge is 0.419 e. The minimum atomic E-state index is -4.85. The fraction of sp³-hybridized carbons (Fsp3) is 0.259. The Bertz CT molecular complexity index is 1240. The van der Waals surface area contributed by atoms with Crippen LogP contribution < -0.4 is 9.47 Å². The fourth-order valence-electron chi connectivity index (χ4n) is 3.32. The van der Waals surface area contributed by atoms with E-state index in [-0.39, 0.29) is 12.2 Å². The maximum Gasteiger partial charge on any atom is 0.419 e. The Labute approximate surface area is 206 Å². The Morgan fingerprint density at radius 2 is 1.36 bits per heavy atom. The molecular formula is C27H25F3O6. The second kappa shape index (κ2) is 10.3. The first kappa shape index (κ1) is 26.6. The summed E-state index contributed by atoms with van der Waals surface area (Å²) < 4.78 is 55.8. The van der Waals surface area contributed by atoms with E-state index in [9.17, 15) is 27.9 Å². The lowest BCUT2D eigenvalue weighted by Crippen LogP contribution is -2.25. The monoisotopic (exact) mass is 502 g/mol. The SMILES string of the molecule is CC(=O)Oc1ccc(-c2ccc(OCc3ccc(C(F)(F)F)c(O)c3C(=O)OC(C)(C)C)cc2)cc1. The fourth-order valence-corrected chi connectivity index (χ4v) is 3.32. The molecule has 0 aliphatic heterocycles. The van der Waals surface area contributed by atoms with E-state index >= 15 is 0 Å². The van der Waals surface area contributed by atoms with Crippen molar-refractivity contribution in [2.45, 2.75) is 46.1 Å². The van der Waals surface area contributed by atoms with E-state index in [0.717, 1.165) is 17.2 Å². The summed E-state index contributed by atoms with van der Waals surface area (Å²) in [5.74, 6) is -1.89. The lowest BCUT2D eigenvalue weighted by molar-refractivity contribution is -0.138. The highest BCUT2D eigenvalue weighted by atomic mass is 19.4. The van der Waals surface area contributed by atoms with Crippen molar-refractivity contribution in [3.05, 3.63) is 77.4 Å². The van der Waals surface area contributed by atoms with Crippen LogP contribution in [0.15, 0.2) is 60.7 Å². The van der Waals surface area contributed by atoms with Gasteiger partial charge in [0.25, 0.3) is 0 Å². The number of esters is 2. The molecule has 0 unspecified atom stereocenters. The molecule has 190 valence electrons. The lowest BCUT2D eigenvalue weighted by Gasteiger charge is -2.22. The molecule has 0 radical (unpaired) electrons. The van der Waals surface area contributed by atoms with Crippen LogP contribution in [0.3, 0.4) is 0 Å². The largest absolute Gasteiger partial charge is 0.506 e. The molecule has 1 N–H and O–H groups in total. The molecule has 0 aromatic heterocycles. The molecule has 3 aromatic rings. The third kappa shape index (κ3) is 6.78. The molecule has 36 heavy (non-hydrogen) atoms. The average molecular weight is 502 g/mol. The van der Waals surface area contributed by atoms with E-state index in [1.54, 1.807) is 69.3 Å². The first-order chi connectivity index (χ1) is 16.7. The van der Waals surface area contributed by atoms with Gasteiger partial charge in [-0.15, -0.1) is 0 Å². The van der Waals surface area contributed by atoms with E-state index < -0.39 is 40.6 Å². The molecule has 0 amide bonds. The molecule has 9 heteroatoms. The van der Waals surface area contributed by atoms with E-state index in [4.69, 9.17) is 14.2 Å². The number of carbonyl (C=O) groups is 2. The van der Waals surface area contributed by atoms with Crippen molar-refractivity contribution in [3.8, 4) is 28.4 Å². The van der Waals surface area contributed by atoms with Crippen molar-refractivity contribution in [2.24, 2.45) is 0 Å². The Hall–Kier alpha value is -4.01. The van der Waals surface area contributed by atoms with Gasteiger partial charge in [0.05, 0.1) is 5.56 Å². The Kier molecular flexibility index (Phi) is 7.62. The van der Waals surface area contributed by atoms with Crippen LogP contribution in [0, 0.1) is 0 Å². The second-order valence-corrected chi connectivity index (χ2v) is 8.93. The molecule has 0 aliphatic carbocycles. The number of benzene rings is 3. The van der Waals surface area contributed by atoms with Gasteiger partial charge >= 0.3 is 18.1 Å². The molecule has 0 bridgehead atoms. The standard InChI is InChI=1S/C27H25F3O6/c1-16(31)35-21-12-7-18(8-13-21)17-5-10-20(11-6-17)34-15-19-9-14-22(27(28,29)30)24(32)23(19)25(33)36-26(2,3)4/h5-14,32H,15H2,1-4H3. The van der Waals surface area contributed by atoms with Crippen LogP contribution >= 0.6 is 0 Å². The van der Waals surface area contributed by atoms with Gasteiger partial charge in [0.15, 0.2) is 0 Å². The van der Waals surface area contributed by atoms with Crippen LogP contribution in [0.5, 0.6) is 17.2 Å². The topological polar surface area (TPSA) is 82.1 Å². The predicted octanol–water partition coefficient (Wildman–Crippen LogP) is 6.54. The zero-order chi connectivity index (χ0) is 26.7. The summed E-state index contributed by atoms with van der Waals surface area (Å²) in [7, 11) is 0. The number of aromatic hydroxyl groups is 1. The number of phenols is 1. The summed E-state index contributed by atoms with van der Waals surface area (Å²) in [5.41, 5.74) is -1.17. The maximum absolute atomic E-state index is 13.3. The van der Waals surface area contributed by atoms with E-state index in [1.165, 1.54) is 6.92 Å². The van der Waals surface area contributed by atoms with Gasteiger partial charge in [-0.25, -0.2) is 4.79 Å². The Balaban J connectivity index is 1.81. The van der Waals surface area contributed by atoms with Crippen LogP contribution in [0.25, 0.3) is 11.1 Å². The van der Waals surface area contributed by atoms with Crippen molar-refractivity contribution in [1.82, 2.24) is 0 Å². The summed E-state index contributed by atoms with van der Waals surface area (Å²) in [6.45, 7) is 5.73. The van der Waals surface area contributed by atoms with Crippen molar-refractivity contribution in [2.75, 3.05) is 0 Å². The van der Waals surface area contributed by atoms with Gasteiger partial charge in [0.1, 0.15) is 35.0 Å². The van der Waals surface area contributed by atoms with Gasteiger partial charge in [-0.05, 0) is 62.2 Å². The number of carbonyl (C=O) groups excluding carboxylic acids is 2. The number of hydrogen-bond acceptors (Lipinski definition) is 6. The van der Waals surface area contributed by atoms with E-state index in [1.807, 2.05) is 0 Å². The molecule has 3 aromatic carbocycles. The Morgan fingerprint density at radius 3 is 1.83 bits per heavy atom. The van der Waals surface area contributed by atoms with Gasteiger partial charge in [0.2, 0.25) is 0 Å². The number of alkyl halides is 3. The molecule has 0 saturated heterocycles. The molecule has 0 atom stereocenters. The van der Waals surface area contributed by atoms with Crippen molar-refractivity contribution in [1.29, 1.82) is 0 Å². The third-order valence-electron chi connectivity index (χ3n) is 4.87. The minimum Gasteiger partial charge on any atom is -0.506 e. The summed E-state index contributed by atoms with van der Waals surface area (Å²) in [6, 6.07) is 15.5. The van der Waals surface area contributed by atoms with Gasteiger partial charge in [0, 0.05) is 12.5 Å². The highest BCUT2D eigenvalue weighted by Gasteiger charge is 2.37. The number of ether oxygens (including phenoxy) is 3. The van der Waals surface area contributed by atoms with Crippen molar-refractivity contribution in [3.63, 3.8) is 0 Å². The zero-order valence-corrected chi connectivity index (χ0v) is 20.1. The number of phenolic OH excluding ortho intramolecular Hbond substituents is 1. The number of halogens is 3. The van der Waals surface area contributed by atoms with Crippen LogP contribution in [0.1, 0.15) is 49.2 Å². The maximum atomic E-state index is 13.3. The zero-order valence-electron chi connectivity index (χ0n) is 20.1. The summed E-state index contributed by atoms with van der Waals surface area (Å²) in [6.07, 6.45) is -4.85. The minimum absolute atomic E-state index is 0.0416. The number of hydrogen-bond donors (Lipinski definition) is 1. The van der Waals surface area contributed by atoms with Gasteiger partial charge < -0.3 is 19.3 Å². The molecular weight excluding hydrogens is 477 g/mol. The van der Waals surface area contributed by atoms with Gasteiger partial charge in [-0.2, -0.15) is 13.2 Å². The molecule has 0 fully saturated rings. The molecule has 0 spiro atoms. The summed E-state index contributed by atoms with van der Waals surface area (Å²) in [4.78, 5) is 23.7. The first-order valence-electron chi connectivity index (χ1n) is 10.9. The first-order valence-corrected chi connectivity index (χ1v) is 10.9. The van der Waals surface area contributed by atoms with Crippen LogP contribution in [-0.4, -0.2) is 22.6 Å². The quantitative estimate of drug-likeness (QED) is 0.305. The van der Waals surface area contributed by atoms with Crippen molar-refractivity contribution >= 4 is 11.9 Å². The number of rotatable bonds is 6. The van der Waals surface area contributed by atoms with Gasteiger partial charge in [-0.1, -0.05) is 30.3 Å². The molecule has 0 saturated carbocycles. The average Bonchev–Trinajstić information content (AvgIpc) is 2.76. The molecule has 6 nitrogen and oxygen atoms in total. The Morgan fingerprint density at radius 1 is 0.833 bits per heavy atom. The van der Waals surface area contributed by atoms with E-state index in [2.05, 4.69) is 0 Å². The summed E-state index contributed by atoms with van der Waals surface area (Å²) in [5, 5.41) is 10.3. The lowest BCUT2D eigenvalue weighted by atomic mass is 10.0. The van der Waals surface area contributed by atoms with Crippen LogP contribution in [-0.2, 0) is 22.3 Å². The highest BCUT2D eigenvalue weighted by Crippen LogP contribution is 2.39. The third-order valence-corrected chi connectivity index (χ3v) is 4.87. The highest BCUT2D eigenvalue weighted by molar-refractivity contribution is 5.95. The second-order valence-electron chi connectivity index (χ2n) is 8.93. The van der Waals surface area contributed by atoms with Crippen LogP contribution in [0.4, 0.5) is 13.2 Å². The molecule has 3 rings (SSSR count).